The zero-order chi connectivity index (χ0) is 18.1. The molecule has 3 aromatic rings. The number of pyridine rings is 1. The summed E-state index contributed by atoms with van der Waals surface area (Å²) in [6, 6.07) is 14.2. The van der Waals surface area contributed by atoms with Crippen molar-refractivity contribution in [2.45, 2.75) is 13.1 Å². The number of benzene rings is 1. The molecule has 1 amide bonds. The Morgan fingerprint density at radius 1 is 1.08 bits per heavy atom. The molecule has 0 atom stereocenters. The molecular weight excluding hydrogens is 326 g/mol. The fourth-order valence-corrected chi connectivity index (χ4v) is 3.17. The van der Waals surface area contributed by atoms with Crippen molar-refractivity contribution in [3.05, 3.63) is 59.9 Å². The normalized spacial score (nSPS) is 13.6. The van der Waals surface area contributed by atoms with Gasteiger partial charge in [-0.3, -0.25) is 14.5 Å². The average molecular weight is 347 g/mol. The molecule has 0 radical (unpaired) electrons. The van der Waals surface area contributed by atoms with Crippen LogP contribution in [0.2, 0.25) is 0 Å². The van der Waals surface area contributed by atoms with Crippen LogP contribution in [0.5, 0.6) is 0 Å². The van der Waals surface area contributed by atoms with Crippen LogP contribution in [-0.4, -0.2) is 46.2 Å². The molecule has 0 saturated carbocycles. The maximum absolute atomic E-state index is 11.9. The molecule has 0 spiro atoms. The number of hydrogen-bond acceptors (Lipinski definition) is 4. The van der Waals surface area contributed by atoms with E-state index in [-0.39, 0.29) is 5.91 Å². The van der Waals surface area contributed by atoms with Gasteiger partial charge in [-0.1, -0.05) is 24.3 Å². The van der Waals surface area contributed by atoms with E-state index in [0.717, 1.165) is 29.1 Å². The lowest BCUT2D eigenvalue weighted by Crippen LogP contribution is -2.35. The van der Waals surface area contributed by atoms with Gasteiger partial charge >= 0.3 is 0 Å². The largest absolute Gasteiger partial charge is 0.349 e. The van der Waals surface area contributed by atoms with Crippen LogP contribution in [-0.2, 0) is 13.1 Å². The Hall–Kier alpha value is -2.99. The summed E-state index contributed by atoms with van der Waals surface area (Å²) in [6.07, 6.45) is 1.79. The Labute approximate surface area is 152 Å². The van der Waals surface area contributed by atoms with Crippen molar-refractivity contribution in [2.24, 2.45) is 0 Å². The Morgan fingerprint density at radius 2 is 1.88 bits per heavy atom. The lowest BCUT2D eigenvalue weighted by Gasteiger charge is -2.13. The molecule has 0 aliphatic carbocycles. The molecule has 6 nitrogen and oxygen atoms in total. The minimum Gasteiger partial charge on any atom is -0.349 e. The van der Waals surface area contributed by atoms with Crippen molar-refractivity contribution in [1.82, 2.24) is 25.0 Å². The highest BCUT2D eigenvalue weighted by molar-refractivity contribution is 5.94. The monoisotopic (exact) mass is 347 g/mol. The molecule has 26 heavy (non-hydrogen) atoms. The van der Waals surface area contributed by atoms with Crippen molar-refractivity contribution in [1.29, 1.82) is 0 Å². The molecule has 1 aromatic carbocycles. The summed E-state index contributed by atoms with van der Waals surface area (Å²) in [7, 11) is 4.12. The SMILES string of the molecule is CN(C)Cc1ccc(-c2cc(-c3cc4n(n3)CCNC4=O)ccn2)cc1. The van der Waals surface area contributed by atoms with Gasteiger partial charge in [0.2, 0.25) is 0 Å². The number of nitrogens with one attached hydrogen (secondary N) is 1. The first kappa shape index (κ1) is 16.5. The van der Waals surface area contributed by atoms with Gasteiger partial charge in [0.15, 0.2) is 0 Å². The van der Waals surface area contributed by atoms with E-state index < -0.39 is 0 Å². The first-order valence-corrected chi connectivity index (χ1v) is 8.67. The molecule has 1 aliphatic heterocycles. The fourth-order valence-electron chi connectivity index (χ4n) is 3.17. The number of hydrogen-bond donors (Lipinski definition) is 1. The first-order chi connectivity index (χ1) is 12.6. The third-order valence-corrected chi connectivity index (χ3v) is 4.43. The standard InChI is InChI=1S/C20H21N5O/c1-24(2)13-14-3-5-15(6-4-14)17-11-16(7-8-21-17)18-12-19-20(26)22-9-10-25(19)23-18/h3-8,11-12H,9-10,13H2,1-2H3,(H,22,26). The quantitative estimate of drug-likeness (QED) is 0.787. The van der Waals surface area contributed by atoms with Crippen molar-refractivity contribution in [2.75, 3.05) is 20.6 Å². The smallest absolute Gasteiger partial charge is 0.269 e. The van der Waals surface area contributed by atoms with E-state index in [1.54, 1.807) is 10.9 Å². The highest BCUT2D eigenvalue weighted by atomic mass is 16.2. The van der Waals surface area contributed by atoms with E-state index in [1.807, 2.05) is 18.2 Å². The number of fused-ring (bicyclic) bond motifs is 1. The second-order valence-corrected chi connectivity index (χ2v) is 6.76. The van der Waals surface area contributed by atoms with E-state index in [2.05, 4.69) is 58.7 Å². The van der Waals surface area contributed by atoms with Crippen LogP contribution in [0.15, 0.2) is 48.7 Å². The average Bonchev–Trinajstić information content (AvgIpc) is 3.08. The van der Waals surface area contributed by atoms with Gasteiger partial charge in [0.25, 0.3) is 5.91 Å². The van der Waals surface area contributed by atoms with Gasteiger partial charge in [-0.2, -0.15) is 5.10 Å². The number of carbonyl (C=O) groups excluding carboxylic acids is 1. The number of nitrogens with zero attached hydrogens (tertiary/aromatic N) is 4. The van der Waals surface area contributed by atoms with Crippen LogP contribution in [0.25, 0.3) is 22.5 Å². The van der Waals surface area contributed by atoms with E-state index >= 15 is 0 Å². The number of aromatic nitrogens is 3. The van der Waals surface area contributed by atoms with Crippen molar-refractivity contribution in [3.63, 3.8) is 0 Å². The van der Waals surface area contributed by atoms with Crippen molar-refractivity contribution < 1.29 is 4.79 Å². The molecule has 6 heteroatoms. The molecule has 0 unspecified atom stereocenters. The highest BCUT2D eigenvalue weighted by Gasteiger charge is 2.19. The molecule has 0 fully saturated rings. The second kappa shape index (κ2) is 6.72. The number of amides is 1. The van der Waals surface area contributed by atoms with Gasteiger partial charge in [0.1, 0.15) is 5.69 Å². The summed E-state index contributed by atoms with van der Waals surface area (Å²) in [4.78, 5) is 18.6. The maximum Gasteiger partial charge on any atom is 0.269 e. The van der Waals surface area contributed by atoms with Crippen LogP contribution >= 0.6 is 0 Å². The summed E-state index contributed by atoms with van der Waals surface area (Å²) in [6.45, 7) is 2.23. The third kappa shape index (κ3) is 3.23. The van der Waals surface area contributed by atoms with E-state index in [0.29, 0.717) is 18.8 Å². The van der Waals surface area contributed by atoms with Gasteiger partial charge in [-0.05, 0) is 37.9 Å². The van der Waals surface area contributed by atoms with Crippen molar-refractivity contribution in [3.8, 4) is 22.5 Å². The minimum atomic E-state index is -0.0687. The zero-order valence-corrected chi connectivity index (χ0v) is 14.9. The zero-order valence-electron chi connectivity index (χ0n) is 14.9. The van der Waals surface area contributed by atoms with E-state index in [4.69, 9.17) is 0 Å². The summed E-state index contributed by atoms with van der Waals surface area (Å²) >= 11 is 0. The molecule has 132 valence electrons. The fraction of sp³-hybridized carbons (Fsp3) is 0.250. The number of rotatable bonds is 4. The van der Waals surface area contributed by atoms with Crippen molar-refractivity contribution >= 4 is 5.91 Å². The molecule has 1 N–H and O–H groups in total. The van der Waals surface area contributed by atoms with Gasteiger partial charge < -0.3 is 10.2 Å². The van der Waals surface area contributed by atoms with Crippen LogP contribution in [0.1, 0.15) is 16.1 Å². The van der Waals surface area contributed by atoms with Gasteiger partial charge in [0.05, 0.1) is 17.9 Å². The molecule has 1 aliphatic rings. The summed E-state index contributed by atoms with van der Waals surface area (Å²) in [5.41, 5.74) is 5.60. The predicted molar refractivity (Wildman–Crippen MR) is 101 cm³/mol. The topological polar surface area (TPSA) is 63.1 Å². The lowest BCUT2D eigenvalue weighted by molar-refractivity contribution is 0.0924. The second-order valence-electron chi connectivity index (χ2n) is 6.76. The Kier molecular flexibility index (Phi) is 4.26. The van der Waals surface area contributed by atoms with Crippen LogP contribution in [0.4, 0.5) is 0 Å². The maximum atomic E-state index is 11.9. The Balaban J connectivity index is 1.64. The molecule has 3 heterocycles. The van der Waals surface area contributed by atoms with E-state index in [1.165, 1.54) is 5.56 Å². The molecular formula is C20H21N5O. The molecule has 0 saturated heterocycles. The summed E-state index contributed by atoms with van der Waals surface area (Å²) in [5.74, 6) is -0.0687. The first-order valence-electron chi connectivity index (χ1n) is 8.67. The van der Waals surface area contributed by atoms with Gasteiger partial charge in [-0.25, -0.2) is 0 Å². The Morgan fingerprint density at radius 3 is 2.62 bits per heavy atom. The predicted octanol–water partition coefficient (Wildman–Crippen LogP) is 2.42. The van der Waals surface area contributed by atoms with Crippen LogP contribution in [0.3, 0.4) is 0 Å². The van der Waals surface area contributed by atoms with E-state index in [9.17, 15) is 4.79 Å². The highest BCUT2D eigenvalue weighted by Crippen LogP contribution is 2.25. The molecule has 2 aromatic heterocycles. The summed E-state index contributed by atoms with van der Waals surface area (Å²) in [5, 5.41) is 7.42. The molecule has 4 rings (SSSR count). The minimum absolute atomic E-state index is 0.0687. The number of carbonyl (C=O) groups is 1. The Bertz CT molecular complexity index is 943. The van der Waals surface area contributed by atoms with Crippen LogP contribution in [0, 0.1) is 0 Å². The third-order valence-electron chi connectivity index (χ3n) is 4.43. The van der Waals surface area contributed by atoms with Gasteiger partial charge in [-0.15, -0.1) is 0 Å². The van der Waals surface area contributed by atoms with Gasteiger partial charge in [0, 0.05) is 30.4 Å². The van der Waals surface area contributed by atoms with Crippen LogP contribution < -0.4 is 5.32 Å². The molecule has 0 bridgehead atoms. The lowest BCUT2D eigenvalue weighted by atomic mass is 10.1. The summed E-state index contributed by atoms with van der Waals surface area (Å²) < 4.78 is 1.77.